The molecule has 0 aromatic carbocycles. The molecule has 0 aromatic heterocycles. The Morgan fingerprint density at radius 3 is 1.62 bits per heavy atom. The first-order valence-electron chi connectivity index (χ1n) is 2.86. The van der Waals surface area contributed by atoms with E-state index in [-0.39, 0.29) is 5.38 Å². The SMILES string of the molecule is CC(Cl)C(C)N(C)C. The summed E-state index contributed by atoms with van der Waals surface area (Å²) in [5.41, 5.74) is 0. The van der Waals surface area contributed by atoms with E-state index >= 15 is 0 Å². The maximum atomic E-state index is 5.78. The second-order valence-electron chi connectivity index (χ2n) is 2.38. The average molecular weight is 136 g/mol. The van der Waals surface area contributed by atoms with Gasteiger partial charge in [-0.05, 0) is 27.9 Å². The van der Waals surface area contributed by atoms with Crippen LogP contribution in [0.2, 0.25) is 0 Å². The number of nitrogens with zero attached hydrogens (tertiary/aromatic N) is 1. The van der Waals surface area contributed by atoms with Gasteiger partial charge >= 0.3 is 0 Å². The van der Waals surface area contributed by atoms with Crippen molar-refractivity contribution in [1.82, 2.24) is 4.90 Å². The van der Waals surface area contributed by atoms with Crippen LogP contribution in [0, 0.1) is 0 Å². The third-order valence-corrected chi connectivity index (χ3v) is 1.84. The van der Waals surface area contributed by atoms with E-state index in [1.165, 1.54) is 0 Å². The van der Waals surface area contributed by atoms with Crippen molar-refractivity contribution in [2.24, 2.45) is 0 Å². The van der Waals surface area contributed by atoms with E-state index in [9.17, 15) is 0 Å². The lowest BCUT2D eigenvalue weighted by molar-refractivity contribution is 0.310. The molecule has 1 nitrogen and oxygen atoms in total. The molecule has 8 heavy (non-hydrogen) atoms. The lowest BCUT2D eigenvalue weighted by Crippen LogP contribution is -2.31. The molecule has 0 N–H and O–H groups in total. The minimum atomic E-state index is 0.241. The largest absolute Gasteiger partial charge is 0.305 e. The van der Waals surface area contributed by atoms with Crippen LogP contribution in [0.3, 0.4) is 0 Å². The summed E-state index contributed by atoms with van der Waals surface area (Å²) in [6.45, 7) is 4.11. The van der Waals surface area contributed by atoms with Gasteiger partial charge in [0.05, 0.1) is 0 Å². The zero-order valence-electron chi connectivity index (χ0n) is 5.98. The molecule has 0 aliphatic heterocycles. The first-order valence-corrected chi connectivity index (χ1v) is 3.30. The second-order valence-corrected chi connectivity index (χ2v) is 3.07. The summed E-state index contributed by atoms with van der Waals surface area (Å²) in [6, 6.07) is 0.469. The Morgan fingerprint density at radius 2 is 1.62 bits per heavy atom. The molecule has 0 spiro atoms. The van der Waals surface area contributed by atoms with E-state index in [1.807, 2.05) is 21.0 Å². The highest BCUT2D eigenvalue weighted by Crippen LogP contribution is 2.04. The fourth-order valence-corrected chi connectivity index (χ4v) is 0.636. The van der Waals surface area contributed by atoms with Crippen LogP contribution in [0.25, 0.3) is 0 Å². The van der Waals surface area contributed by atoms with Gasteiger partial charge in [0, 0.05) is 11.4 Å². The van der Waals surface area contributed by atoms with Crippen molar-refractivity contribution >= 4 is 11.6 Å². The minimum absolute atomic E-state index is 0.241. The van der Waals surface area contributed by atoms with Crippen molar-refractivity contribution in [1.29, 1.82) is 0 Å². The van der Waals surface area contributed by atoms with E-state index in [4.69, 9.17) is 11.6 Å². The molecule has 0 saturated carbocycles. The molecule has 2 heteroatoms. The Bertz CT molecular complexity index is 53.5. The topological polar surface area (TPSA) is 3.24 Å². The number of hydrogen-bond donors (Lipinski definition) is 0. The molecular weight excluding hydrogens is 122 g/mol. The van der Waals surface area contributed by atoms with E-state index < -0.39 is 0 Å². The highest BCUT2D eigenvalue weighted by atomic mass is 35.5. The predicted molar refractivity (Wildman–Crippen MR) is 38.5 cm³/mol. The quantitative estimate of drug-likeness (QED) is 0.520. The van der Waals surface area contributed by atoms with Gasteiger partial charge in [0.25, 0.3) is 0 Å². The van der Waals surface area contributed by atoms with E-state index in [0.29, 0.717) is 6.04 Å². The van der Waals surface area contributed by atoms with Gasteiger partial charge in [-0.3, -0.25) is 0 Å². The van der Waals surface area contributed by atoms with Gasteiger partial charge in [-0.2, -0.15) is 0 Å². The normalized spacial score (nSPS) is 18.8. The maximum absolute atomic E-state index is 5.78. The molecule has 2 unspecified atom stereocenters. The van der Waals surface area contributed by atoms with Crippen LogP contribution in [-0.2, 0) is 0 Å². The zero-order valence-corrected chi connectivity index (χ0v) is 6.74. The van der Waals surface area contributed by atoms with Crippen LogP contribution in [-0.4, -0.2) is 30.4 Å². The van der Waals surface area contributed by atoms with Crippen LogP contribution >= 0.6 is 11.6 Å². The number of hydrogen-bond acceptors (Lipinski definition) is 1. The Hall–Kier alpha value is 0.250. The van der Waals surface area contributed by atoms with Crippen LogP contribution in [0.4, 0.5) is 0 Å². The van der Waals surface area contributed by atoms with E-state index in [1.54, 1.807) is 0 Å². The number of alkyl halides is 1. The number of halogens is 1. The van der Waals surface area contributed by atoms with E-state index in [2.05, 4.69) is 11.8 Å². The molecule has 0 amide bonds. The van der Waals surface area contributed by atoms with Gasteiger partial charge in [0.1, 0.15) is 0 Å². The standard InChI is InChI=1S/C6H14ClN/c1-5(7)6(2)8(3)4/h5-6H,1-4H3. The fourth-order valence-electron chi connectivity index (χ4n) is 0.411. The Morgan fingerprint density at radius 1 is 1.25 bits per heavy atom. The molecule has 0 aliphatic rings. The average Bonchev–Trinajstić information content (AvgIpc) is 1.64. The summed E-state index contributed by atoms with van der Waals surface area (Å²) in [5.74, 6) is 0. The molecule has 0 rings (SSSR count). The van der Waals surface area contributed by atoms with Crippen molar-refractivity contribution in [2.45, 2.75) is 25.3 Å². The molecule has 0 aliphatic carbocycles. The molecule has 50 valence electrons. The fraction of sp³-hybridized carbons (Fsp3) is 1.00. The van der Waals surface area contributed by atoms with Crippen molar-refractivity contribution < 1.29 is 0 Å². The van der Waals surface area contributed by atoms with Crippen LogP contribution in [0.15, 0.2) is 0 Å². The summed E-state index contributed by atoms with van der Waals surface area (Å²) in [5, 5.41) is 0.241. The summed E-state index contributed by atoms with van der Waals surface area (Å²) < 4.78 is 0. The Labute approximate surface area is 56.6 Å². The first kappa shape index (κ1) is 8.25. The molecule has 0 bridgehead atoms. The molecule has 0 heterocycles. The van der Waals surface area contributed by atoms with Crippen LogP contribution in [0.1, 0.15) is 13.8 Å². The predicted octanol–water partition coefficient (Wildman–Crippen LogP) is 1.56. The third-order valence-electron chi connectivity index (χ3n) is 1.48. The van der Waals surface area contributed by atoms with Gasteiger partial charge in [0.15, 0.2) is 0 Å². The lowest BCUT2D eigenvalue weighted by atomic mass is 10.2. The lowest BCUT2D eigenvalue weighted by Gasteiger charge is -2.21. The van der Waals surface area contributed by atoms with E-state index in [0.717, 1.165) is 0 Å². The van der Waals surface area contributed by atoms with Gasteiger partial charge in [-0.15, -0.1) is 11.6 Å². The monoisotopic (exact) mass is 135 g/mol. The molecule has 0 fully saturated rings. The molecule has 0 saturated heterocycles. The molecule has 0 aromatic rings. The minimum Gasteiger partial charge on any atom is -0.305 e. The molecular formula is C6H14ClN. The summed E-state index contributed by atoms with van der Waals surface area (Å²) in [4.78, 5) is 2.11. The van der Waals surface area contributed by atoms with Gasteiger partial charge in [-0.1, -0.05) is 0 Å². The van der Waals surface area contributed by atoms with Gasteiger partial charge in [-0.25, -0.2) is 0 Å². The smallest absolute Gasteiger partial charge is 0.0460 e. The van der Waals surface area contributed by atoms with Crippen molar-refractivity contribution in [3.63, 3.8) is 0 Å². The van der Waals surface area contributed by atoms with Crippen molar-refractivity contribution in [2.75, 3.05) is 14.1 Å². The van der Waals surface area contributed by atoms with Crippen LogP contribution < -0.4 is 0 Å². The van der Waals surface area contributed by atoms with Crippen LogP contribution in [0.5, 0.6) is 0 Å². The van der Waals surface area contributed by atoms with Crippen molar-refractivity contribution in [3.05, 3.63) is 0 Å². The molecule has 2 atom stereocenters. The second kappa shape index (κ2) is 3.31. The maximum Gasteiger partial charge on any atom is 0.0460 e. The van der Waals surface area contributed by atoms with Gasteiger partial charge in [0.2, 0.25) is 0 Å². The summed E-state index contributed by atoms with van der Waals surface area (Å²) in [6.07, 6.45) is 0. The summed E-state index contributed by atoms with van der Waals surface area (Å²) >= 11 is 5.78. The first-order chi connectivity index (χ1) is 3.55. The third kappa shape index (κ3) is 2.53. The zero-order chi connectivity index (χ0) is 6.73. The van der Waals surface area contributed by atoms with Gasteiger partial charge < -0.3 is 4.90 Å². The van der Waals surface area contributed by atoms with Crippen molar-refractivity contribution in [3.8, 4) is 0 Å². The Kier molecular flexibility index (Phi) is 3.41. The number of rotatable bonds is 2. The summed E-state index contributed by atoms with van der Waals surface area (Å²) in [7, 11) is 4.06. The highest BCUT2D eigenvalue weighted by molar-refractivity contribution is 6.20. The highest BCUT2D eigenvalue weighted by Gasteiger charge is 2.09. The molecule has 0 radical (unpaired) electrons. The Balaban J connectivity index is 3.46.